The van der Waals surface area contributed by atoms with Gasteiger partial charge >= 0.3 is 6.03 Å². The summed E-state index contributed by atoms with van der Waals surface area (Å²) >= 11 is 1.72. The summed E-state index contributed by atoms with van der Waals surface area (Å²) in [5.74, 6) is 1.35. The molecule has 174 valence electrons. The SMILES string of the molecule is CCCNC(=O)N(CC(=O)N1CCc2sccc2C1COc1cccc(OC)c1)C(C)C. The number of benzene rings is 1. The molecule has 1 aliphatic heterocycles. The Balaban J connectivity index is 1.75. The number of methoxy groups -OCH3 is 1. The second-order valence-corrected chi connectivity index (χ2v) is 9.10. The van der Waals surface area contributed by atoms with E-state index < -0.39 is 0 Å². The predicted molar refractivity (Wildman–Crippen MR) is 126 cm³/mol. The Bertz CT molecular complexity index is 914. The number of hydrogen-bond acceptors (Lipinski definition) is 5. The maximum atomic E-state index is 13.4. The Morgan fingerprint density at radius 1 is 1.28 bits per heavy atom. The Kier molecular flexibility index (Phi) is 8.39. The van der Waals surface area contributed by atoms with Crippen molar-refractivity contribution in [1.82, 2.24) is 15.1 Å². The third-order valence-corrected chi connectivity index (χ3v) is 6.58. The Labute approximate surface area is 194 Å². The van der Waals surface area contributed by atoms with Gasteiger partial charge < -0.3 is 24.6 Å². The number of nitrogens with one attached hydrogen (secondary N) is 1. The van der Waals surface area contributed by atoms with Gasteiger partial charge in [-0.2, -0.15) is 0 Å². The highest BCUT2D eigenvalue weighted by molar-refractivity contribution is 7.10. The van der Waals surface area contributed by atoms with Crippen LogP contribution in [0.4, 0.5) is 4.79 Å². The molecule has 0 fully saturated rings. The van der Waals surface area contributed by atoms with Crippen LogP contribution in [0.5, 0.6) is 11.5 Å². The molecule has 3 amide bonds. The third kappa shape index (κ3) is 5.73. The van der Waals surface area contributed by atoms with Crippen LogP contribution in [0.15, 0.2) is 35.7 Å². The van der Waals surface area contributed by atoms with Crippen molar-refractivity contribution >= 4 is 23.3 Å². The lowest BCUT2D eigenvalue weighted by atomic mass is 10.0. The molecular formula is C24H33N3O4S. The second kappa shape index (κ2) is 11.2. The highest BCUT2D eigenvalue weighted by Crippen LogP contribution is 2.34. The molecule has 1 aliphatic rings. The minimum atomic E-state index is -0.201. The van der Waals surface area contributed by atoms with Crippen molar-refractivity contribution in [2.75, 3.05) is 33.4 Å². The highest BCUT2D eigenvalue weighted by Gasteiger charge is 2.34. The predicted octanol–water partition coefficient (Wildman–Crippen LogP) is 4.09. The van der Waals surface area contributed by atoms with Crippen molar-refractivity contribution in [1.29, 1.82) is 0 Å². The van der Waals surface area contributed by atoms with Crippen molar-refractivity contribution in [2.24, 2.45) is 0 Å². The second-order valence-electron chi connectivity index (χ2n) is 8.10. The molecule has 0 aliphatic carbocycles. The number of ether oxygens (including phenoxy) is 2. The number of hydrogen-bond donors (Lipinski definition) is 1. The fourth-order valence-corrected chi connectivity index (χ4v) is 4.73. The molecule has 1 aromatic carbocycles. The molecule has 2 aromatic rings. The first-order valence-electron chi connectivity index (χ1n) is 11.1. The minimum absolute atomic E-state index is 0.0440. The molecule has 3 rings (SSSR count). The lowest BCUT2D eigenvalue weighted by Gasteiger charge is -2.37. The Morgan fingerprint density at radius 3 is 2.78 bits per heavy atom. The van der Waals surface area contributed by atoms with Crippen LogP contribution < -0.4 is 14.8 Å². The van der Waals surface area contributed by atoms with Crippen molar-refractivity contribution < 1.29 is 19.1 Å². The third-order valence-electron chi connectivity index (χ3n) is 5.58. The van der Waals surface area contributed by atoms with Gasteiger partial charge in [0.25, 0.3) is 0 Å². The Morgan fingerprint density at radius 2 is 2.06 bits per heavy atom. The normalized spacial score (nSPS) is 15.3. The van der Waals surface area contributed by atoms with Crippen LogP contribution in [0.25, 0.3) is 0 Å². The van der Waals surface area contributed by atoms with Crippen molar-refractivity contribution in [3.63, 3.8) is 0 Å². The van der Waals surface area contributed by atoms with Crippen LogP contribution in [-0.2, 0) is 11.2 Å². The molecule has 0 saturated heterocycles. The first kappa shape index (κ1) is 23.9. The number of fused-ring (bicyclic) bond motifs is 1. The van der Waals surface area contributed by atoms with Gasteiger partial charge in [0.05, 0.1) is 13.2 Å². The van der Waals surface area contributed by atoms with E-state index >= 15 is 0 Å². The molecule has 0 radical (unpaired) electrons. The zero-order chi connectivity index (χ0) is 23.1. The number of rotatable bonds is 9. The molecule has 0 saturated carbocycles. The molecule has 1 N–H and O–H groups in total. The number of amides is 3. The van der Waals surface area contributed by atoms with E-state index in [-0.39, 0.29) is 30.6 Å². The van der Waals surface area contributed by atoms with Crippen LogP contribution in [0, 0.1) is 0 Å². The summed E-state index contributed by atoms with van der Waals surface area (Å²) in [5, 5.41) is 4.95. The largest absolute Gasteiger partial charge is 0.497 e. The number of thiophene rings is 1. The van der Waals surface area contributed by atoms with Gasteiger partial charge in [0.15, 0.2) is 0 Å². The van der Waals surface area contributed by atoms with Gasteiger partial charge in [-0.1, -0.05) is 13.0 Å². The minimum Gasteiger partial charge on any atom is -0.497 e. The highest BCUT2D eigenvalue weighted by atomic mass is 32.1. The first-order chi connectivity index (χ1) is 15.4. The van der Waals surface area contributed by atoms with Crippen molar-refractivity contribution in [3.05, 3.63) is 46.2 Å². The lowest BCUT2D eigenvalue weighted by molar-refractivity contribution is -0.135. The zero-order valence-electron chi connectivity index (χ0n) is 19.3. The molecule has 32 heavy (non-hydrogen) atoms. The van der Waals surface area contributed by atoms with Gasteiger partial charge in [0, 0.05) is 30.1 Å². The van der Waals surface area contributed by atoms with E-state index in [4.69, 9.17) is 9.47 Å². The fourth-order valence-electron chi connectivity index (χ4n) is 3.80. The van der Waals surface area contributed by atoms with E-state index in [0.29, 0.717) is 25.4 Å². The van der Waals surface area contributed by atoms with Gasteiger partial charge in [0.2, 0.25) is 5.91 Å². The van der Waals surface area contributed by atoms with Gasteiger partial charge in [-0.3, -0.25) is 4.79 Å². The van der Waals surface area contributed by atoms with Gasteiger partial charge in [-0.25, -0.2) is 4.79 Å². The molecule has 7 nitrogen and oxygen atoms in total. The monoisotopic (exact) mass is 459 g/mol. The van der Waals surface area contributed by atoms with Crippen molar-refractivity contribution in [2.45, 2.75) is 45.7 Å². The average Bonchev–Trinajstić information content (AvgIpc) is 3.28. The summed E-state index contributed by atoms with van der Waals surface area (Å²) in [5.41, 5.74) is 1.13. The number of urea groups is 1. The number of carbonyl (C=O) groups is 2. The van der Waals surface area contributed by atoms with Gasteiger partial charge in [-0.05, 0) is 55.8 Å². The molecule has 0 bridgehead atoms. The van der Waals surface area contributed by atoms with Crippen LogP contribution in [0.1, 0.15) is 43.7 Å². The summed E-state index contributed by atoms with van der Waals surface area (Å²) in [6.07, 6.45) is 1.67. The molecule has 1 aromatic heterocycles. The molecule has 1 unspecified atom stereocenters. The van der Waals surface area contributed by atoms with E-state index in [2.05, 4.69) is 16.8 Å². The van der Waals surface area contributed by atoms with Gasteiger partial charge in [-0.15, -0.1) is 11.3 Å². The average molecular weight is 460 g/mol. The van der Waals surface area contributed by atoms with Crippen molar-refractivity contribution in [3.8, 4) is 11.5 Å². The maximum absolute atomic E-state index is 13.4. The summed E-state index contributed by atoms with van der Waals surface area (Å²) in [4.78, 5) is 30.7. The number of carbonyl (C=O) groups excluding carboxylic acids is 2. The van der Waals surface area contributed by atoms with Gasteiger partial charge in [0.1, 0.15) is 24.7 Å². The van der Waals surface area contributed by atoms with E-state index in [1.54, 1.807) is 23.3 Å². The lowest BCUT2D eigenvalue weighted by Crippen LogP contribution is -2.51. The van der Waals surface area contributed by atoms with E-state index in [0.717, 1.165) is 24.2 Å². The van der Waals surface area contributed by atoms with Crippen LogP contribution in [0.3, 0.4) is 0 Å². The zero-order valence-corrected chi connectivity index (χ0v) is 20.1. The molecule has 0 spiro atoms. The van der Waals surface area contributed by atoms with Crippen LogP contribution in [-0.4, -0.2) is 61.1 Å². The molecule has 1 atom stereocenters. The standard InChI is InChI=1S/C24H33N3O4S/c1-5-11-25-24(29)27(17(2)3)15-23(28)26-12-9-22-20(10-13-32-22)21(26)16-31-19-8-6-7-18(14-19)30-4/h6-8,10,13-14,17,21H,5,9,11-12,15-16H2,1-4H3,(H,25,29). The molecule has 2 heterocycles. The number of nitrogens with zero attached hydrogens (tertiary/aromatic N) is 2. The first-order valence-corrected chi connectivity index (χ1v) is 12.0. The molecule has 8 heteroatoms. The van der Waals surface area contributed by atoms with E-state index in [1.165, 1.54) is 4.88 Å². The Hall–Kier alpha value is -2.74. The molecular weight excluding hydrogens is 426 g/mol. The summed E-state index contributed by atoms with van der Waals surface area (Å²) in [7, 11) is 1.62. The van der Waals surface area contributed by atoms with E-state index in [9.17, 15) is 9.59 Å². The topological polar surface area (TPSA) is 71.1 Å². The van der Waals surface area contributed by atoms with Crippen LogP contribution >= 0.6 is 11.3 Å². The summed E-state index contributed by atoms with van der Waals surface area (Å²) < 4.78 is 11.4. The maximum Gasteiger partial charge on any atom is 0.318 e. The summed E-state index contributed by atoms with van der Waals surface area (Å²) in [6, 6.07) is 9.06. The fraction of sp³-hybridized carbons (Fsp3) is 0.500. The quantitative estimate of drug-likeness (QED) is 0.613. The summed E-state index contributed by atoms with van der Waals surface area (Å²) in [6.45, 7) is 7.44. The van der Waals surface area contributed by atoms with Crippen LogP contribution in [0.2, 0.25) is 0 Å². The van der Waals surface area contributed by atoms with E-state index in [1.807, 2.05) is 49.9 Å². The smallest absolute Gasteiger partial charge is 0.318 e.